The molecule has 2 aliphatic carbocycles. The third-order valence-electron chi connectivity index (χ3n) is 8.61. The van der Waals surface area contributed by atoms with Crippen molar-refractivity contribution in [1.82, 2.24) is 14.8 Å². The summed E-state index contributed by atoms with van der Waals surface area (Å²) in [4.78, 5) is 29.3. The van der Waals surface area contributed by atoms with E-state index in [2.05, 4.69) is 36.2 Å². The molecule has 6 rings (SSSR count). The van der Waals surface area contributed by atoms with Gasteiger partial charge in [-0.25, -0.2) is 4.98 Å². The summed E-state index contributed by atoms with van der Waals surface area (Å²) in [5.74, 6) is 0.202. The topological polar surface area (TPSA) is 94.3 Å². The molecule has 0 aliphatic heterocycles. The first kappa shape index (κ1) is 25.3. The number of fused-ring (bicyclic) bond motifs is 1. The number of hydrogen-bond donors (Lipinski definition) is 1. The largest absolute Gasteiger partial charge is 0.481 e. The van der Waals surface area contributed by atoms with Gasteiger partial charge in [-0.15, -0.1) is 0 Å². The number of pyridine rings is 1. The Hall–Kier alpha value is -4.00. The number of carbonyl (C=O) groups excluding carboxylic acids is 1. The molecular formula is C32H33N3O4. The number of rotatable bonds is 9. The van der Waals surface area contributed by atoms with Crippen LogP contribution in [0.2, 0.25) is 0 Å². The summed E-state index contributed by atoms with van der Waals surface area (Å²) in [7, 11) is 0. The maximum Gasteiger partial charge on any atom is 0.306 e. The van der Waals surface area contributed by atoms with Crippen LogP contribution in [-0.4, -0.2) is 38.2 Å². The van der Waals surface area contributed by atoms with Crippen molar-refractivity contribution < 1.29 is 19.4 Å². The number of benzene rings is 2. The molecular weight excluding hydrogens is 490 g/mol. The van der Waals surface area contributed by atoms with Crippen molar-refractivity contribution in [2.24, 2.45) is 17.3 Å². The Kier molecular flexibility index (Phi) is 6.45. The lowest BCUT2D eigenvalue weighted by Crippen LogP contribution is -2.50. The van der Waals surface area contributed by atoms with Crippen molar-refractivity contribution in [3.05, 3.63) is 78.0 Å². The minimum atomic E-state index is -0.684. The minimum absolute atomic E-state index is 0.0666. The first-order valence-electron chi connectivity index (χ1n) is 13.8. The number of nitrogens with zero attached hydrogens (tertiary/aromatic N) is 3. The smallest absolute Gasteiger partial charge is 0.306 e. The van der Waals surface area contributed by atoms with Crippen molar-refractivity contribution in [1.29, 1.82) is 0 Å². The molecule has 1 atom stereocenters. The third kappa shape index (κ3) is 4.71. The lowest BCUT2D eigenvalue weighted by molar-refractivity contribution is -0.157. The summed E-state index contributed by atoms with van der Waals surface area (Å²) in [5, 5.41) is 14.8. The number of ether oxygens (including phenoxy) is 1. The summed E-state index contributed by atoms with van der Waals surface area (Å²) in [6, 6.07) is 19.8. The Bertz CT molecular complexity index is 1530. The number of carbonyl (C=O) groups is 2. The molecule has 2 heterocycles. The standard InChI is InChI=1S/C32H33N3O4/c1-3-39-29-9-5-8-27(34-29)23-12-10-22(11-13-23)20(2)35-30-24(19-33-35)6-4-7-26(30)28(36)14-21-15-32(16-21)17-25(18-32)31(37)38/h4-13,19-21,25H,3,14-18H2,1-2H3,(H,37,38). The first-order chi connectivity index (χ1) is 18.9. The Morgan fingerprint density at radius 2 is 1.79 bits per heavy atom. The second kappa shape index (κ2) is 9.95. The average molecular weight is 524 g/mol. The van der Waals surface area contributed by atoms with Crippen LogP contribution < -0.4 is 4.74 Å². The lowest BCUT2D eigenvalue weighted by atomic mass is 9.47. The van der Waals surface area contributed by atoms with Gasteiger partial charge in [-0.05, 0) is 68.6 Å². The molecule has 1 N–H and O–H groups in total. The fourth-order valence-corrected chi connectivity index (χ4v) is 6.67. The van der Waals surface area contributed by atoms with E-state index in [9.17, 15) is 14.7 Å². The zero-order chi connectivity index (χ0) is 27.1. The number of Topliss-reactive ketones (excluding diaryl/α,β-unsaturated/α-hetero) is 1. The van der Waals surface area contributed by atoms with Crippen molar-refractivity contribution >= 4 is 22.7 Å². The minimum Gasteiger partial charge on any atom is -0.481 e. The first-order valence-corrected chi connectivity index (χ1v) is 13.8. The molecule has 7 heteroatoms. The normalized spacial score (nSPS) is 22.7. The SMILES string of the molecule is CCOc1cccc(-c2ccc(C(C)n3ncc4cccc(C(=O)CC5CC6(C5)CC(C(=O)O)C6)c43)cc2)n1. The summed E-state index contributed by atoms with van der Waals surface area (Å²) in [6.07, 6.45) is 5.78. The van der Waals surface area contributed by atoms with Gasteiger partial charge in [-0.2, -0.15) is 5.10 Å². The second-order valence-corrected chi connectivity index (χ2v) is 11.3. The van der Waals surface area contributed by atoms with Gasteiger partial charge >= 0.3 is 5.97 Å². The van der Waals surface area contributed by atoms with Crippen molar-refractivity contribution in [2.45, 2.75) is 52.0 Å². The maximum atomic E-state index is 13.5. The van der Waals surface area contributed by atoms with E-state index in [-0.39, 0.29) is 23.2 Å². The molecule has 0 radical (unpaired) electrons. The van der Waals surface area contributed by atoms with Gasteiger partial charge in [0.1, 0.15) is 0 Å². The van der Waals surface area contributed by atoms with Crippen LogP contribution in [0.15, 0.2) is 66.9 Å². The van der Waals surface area contributed by atoms with Gasteiger partial charge in [-0.1, -0.05) is 42.5 Å². The van der Waals surface area contributed by atoms with E-state index < -0.39 is 5.97 Å². The fraction of sp³-hybridized carbons (Fsp3) is 0.375. The number of aliphatic carboxylic acids is 1. The molecule has 7 nitrogen and oxygen atoms in total. The zero-order valence-electron chi connectivity index (χ0n) is 22.3. The van der Waals surface area contributed by atoms with E-state index in [1.165, 1.54) is 0 Å². The molecule has 2 fully saturated rings. The Balaban J connectivity index is 1.19. The third-order valence-corrected chi connectivity index (χ3v) is 8.61. The van der Waals surface area contributed by atoms with E-state index >= 15 is 0 Å². The lowest BCUT2D eigenvalue weighted by Gasteiger charge is -2.56. The molecule has 0 bridgehead atoms. The van der Waals surface area contributed by atoms with E-state index in [1.54, 1.807) is 0 Å². The van der Waals surface area contributed by atoms with Gasteiger partial charge in [0.15, 0.2) is 5.78 Å². The maximum absolute atomic E-state index is 13.5. The van der Waals surface area contributed by atoms with E-state index in [0.29, 0.717) is 30.4 Å². The monoisotopic (exact) mass is 523 g/mol. The number of aromatic nitrogens is 3. The van der Waals surface area contributed by atoms with Crippen LogP contribution in [0.25, 0.3) is 22.2 Å². The van der Waals surface area contributed by atoms with Crippen molar-refractivity contribution in [3.63, 3.8) is 0 Å². The molecule has 2 aromatic carbocycles. The highest BCUT2D eigenvalue weighted by atomic mass is 16.5. The van der Waals surface area contributed by atoms with Gasteiger partial charge < -0.3 is 9.84 Å². The molecule has 1 unspecified atom stereocenters. The number of carboxylic acid groups (broad SMARTS) is 1. The molecule has 2 aromatic heterocycles. The summed E-state index contributed by atoms with van der Waals surface area (Å²) in [5.41, 5.74) is 4.70. The van der Waals surface area contributed by atoms with Crippen molar-refractivity contribution in [3.8, 4) is 17.1 Å². The zero-order valence-corrected chi connectivity index (χ0v) is 22.3. The van der Waals surface area contributed by atoms with Gasteiger partial charge in [0.2, 0.25) is 5.88 Å². The highest BCUT2D eigenvalue weighted by Crippen LogP contribution is 2.62. The Morgan fingerprint density at radius 1 is 1.05 bits per heavy atom. The Morgan fingerprint density at radius 3 is 2.51 bits per heavy atom. The van der Waals surface area contributed by atoms with Crippen LogP contribution in [0.3, 0.4) is 0 Å². The van der Waals surface area contributed by atoms with Crippen LogP contribution >= 0.6 is 0 Å². The second-order valence-electron chi connectivity index (χ2n) is 11.3. The highest BCUT2D eigenvalue weighted by molar-refractivity contribution is 6.07. The molecule has 0 amide bonds. The molecule has 0 saturated heterocycles. The summed E-state index contributed by atoms with van der Waals surface area (Å²) in [6.45, 7) is 4.61. The number of hydrogen-bond acceptors (Lipinski definition) is 5. The molecule has 39 heavy (non-hydrogen) atoms. The summed E-state index contributed by atoms with van der Waals surface area (Å²) < 4.78 is 7.50. The number of carboxylic acids is 1. The van der Waals surface area contributed by atoms with Crippen LogP contribution in [0.4, 0.5) is 0 Å². The van der Waals surface area contributed by atoms with Crippen LogP contribution in [0.5, 0.6) is 5.88 Å². The predicted molar refractivity (Wildman–Crippen MR) is 149 cm³/mol. The molecule has 1 spiro atoms. The average Bonchev–Trinajstić information content (AvgIpc) is 3.33. The molecule has 4 aromatic rings. The molecule has 2 saturated carbocycles. The predicted octanol–water partition coefficient (Wildman–Crippen LogP) is 6.57. The van der Waals surface area contributed by atoms with Crippen LogP contribution in [-0.2, 0) is 4.79 Å². The van der Waals surface area contributed by atoms with E-state index in [1.807, 2.05) is 54.2 Å². The summed E-state index contributed by atoms with van der Waals surface area (Å²) >= 11 is 0. The van der Waals surface area contributed by atoms with Gasteiger partial charge in [0.05, 0.1) is 36.0 Å². The van der Waals surface area contributed by atoms with E-state index in [4.69, 9.17) is 9.84 Å². The van der Waals surface area contributed by atoms with Gasteiger partial charge in [0, 0.05) is 29.0 Å². The van der Waals surface area contributed by atoms with Gasteiger partial charge in [-0.3, -0.25) is 14.3 Å². The van der Waals surface area contributed by atoms with Crippen LogP contribution in [0, 0.1) is 17.3 Å². The van der Waals surface area contributed by atoms with Gasteiger partial charge in [0.25, 0.3) is 0 Å². The quantitative estimate of drug-likeness (QED) is 0.249. The number of ketones is 1. The van der Waals surface area contributed by atoms with Crippen molar-refractivity contribution in [2.75, 3.05) is 6.61 Å². The fourth-order valence-electron chi connectivity index (χ4n) is 6.67. The van der Waals surface area contributed by atoms with Crippen LogP contribution in [0.1, 0.15) is 67.9 Å². The Labute approximate surface area is 227 Å². The highest BCUT2D eigenvalue weighted by Gasteiger charge is 2.54. The van der Waals surface area contributed by atoms with E-state index in [0.717, 1.165) is 53.4 Å². The molecule has 200 valence electrons. The number of para-hydroxylation sites is 1. The molecule has 2 aliphatic rings.